The molecule has 0 N–H and O–H groups in total. The third-order valence-corrected chi connectivity index (χ3v) is 3.70. The van der Waals surface area contributed by atoms with Crippen LogP contribution in [0.1, 0.15) is 31.9 Å². The Morgan fingerprint density at radius 2 is 2.08 bits per heavy atom. The molecule has 124 valence electrons. The number of rotatable bonds is 7. The van der Waals surface area contributed by atoms with Crippen LogP contribution in [0.2, 0.25) is 5.02 Å². The second kappa shape index (κ2) is 8.95. The summed E-state index contributed by atoms with van der Waals surface area (Å²) < 4.78 is 10.7. The van der Waals surface area contributed by atoms with E-state index in [0.29, 0.717) is 23.2 Å². The molecular weight excluding hydrogens is 326 g/mol. The van der Waals surface area contributed by atoms with E-state index in [4.69, 9.17) is 26.0 Å². The van der Waals surface area contributed by atoms with Crippen molar-refractivity contribution < 1.29 is 13.9 Å². The highest BCUT2D eigenvalue weighted by atomic mass is 35.5. The number of esters is 1. The molecule has 1 aromatic carbocycles. The summed E-state index contributed by atoms with van der Waals surface area (Å²) in [7, 11) is 0. The van der Waals surface area contributed by atoms with Crippen molar-refractivity contribution in [3.05, 3.63) is 52.8 Å². The Bertz CT molecular complexity index is 771. The first-order chi connectivity index (χ1) is 11.7. The second-order valence-corrected chi connectivity index (χ2v) is 5.60. The fourth-order valence-corrected chi connectivity index (χ4v) is 2.34. The van der Waals surface area contributed by atoms with Gasteiger partial charge < -0.3 is 9.15 Å². The van der Waals surface area contributed by atoms with Crippen molar-refractivity contribution in [1.82, 2.24) is 0 Å². The van der Waals surface area contributed by atoms with Crippen LogP contribution in [0.5, 0.6) is 0 Å². The number of hydrogen-bond donors (Lipinski definition) is 0. The highest BCUT2D eigenvalue weighted by Gasteiger charge is 2.13. The number of hydrogen-bond acceptors (Lipinski definition) is 4. The van der Waals surface area contributed by atoms with Crippen LogP contribution in [-0.4, -0.2) is 12.6 Å². The van der Waals surface area contributed by atoms with Crippen LogP contribution in [0.15, 0.2) is 46.4 Å². The van der Waals surface area contributed by atoms with Crippen molar-refractivity contribution in [3.8, 4) is 17.4 Å². The van der Waals surface area contributed by atoms with E-state index in [2.05, 4.69) is 6.92 Å². The van der Waals surface area contributed by atoms with Gasteiger partial charge >= 0.3 is 5.97 Å². The lowest BCUT2D eigenvalue weighted by Crippen LogP contribution is -2.07. The van der Waals surface area contributed by atoms with Gasteiger partial charge in [-0.25, -0.2) is 4.79 Å². The zero-order chi connectivity index (χ0) is 17.4. The van der Waals surface area contributed by atoms with Gasteiger partial charge in [-0.2, -0.15) is 5.26 Å². The van der Waals surface area contributed by atoms with Gasteiger partial charge in [-0.15, -0.1) is 0 Å². The highest BCUT2D eigenvalue weighted by molar-refractivity contribution is 6.33. The fraction of sp³-hybridized carbons (Fsp3) is 0.263. The number of nitriles is 1. The maximum absolute atomic E-state index is 11.9. The van der Waals surface area contributed by atoms with E-state index in [-0.39, 0.29) is 5.57 Å². The van der Waals surface area contributed by atoms with E-state index in [1.54, 1.807) is 18.2 Å². The largest absolute Gasteiger partial charge is 0.462 e. The van der Waals surface area contributed by atoms with Gasteiger partial charge in [0.15, 0.2) is 0 Å². The molecule has 0 bridgehead atoms. The van der Waals surface area contributed by atoms with E-state index in [1.807, 2.05) is 24.3 Å². The van der Waals surface area contributed by atoms with Crippen LogP contribution in [0.3, 0.4) is 0 Å². The lowest BCUT2D eigenvalue weighted by Gasteiger charge is -2.02. The average Bonchev–Trinajstić information content (AvgIpc) is 3.05. The molecule has 0 spiro atoms. The maximum atomic E-state index is 11.9. The molecular formula is C19H18ClNO3. The normalized spacial score (nSPS) is 11.1. The summed E-state index contributed by atoms with van der Waals surface area (Å²) in [4.78, 5) is 11.9. The molecule has 1 heterocycles. The first kappa shape index (κ1) is 17.8. The van der Waals surface area contributed by atoms with Crippen LogP contribution < -0.4 is 0 Å². The zero-order valence-electron chi connectivity index (χ0n) is 13.4. The first-order valence-electron chi connectivity index (χ1n) is 7.79. The minimum atomic E-state index is -0.635. The minimum absolute atomic E-state index is 0.0912. The van der Waals surface area contributed by atoms with Gasteiger partial charge in [0.25, 0.3) is 0 Å². The van der Waals surface area contributed by atoms with E-state index in [1.165, 1.54) is 6.08 Å². The smallest absolute Gasteiger partial charge is 0.349 e. The Morgan fingerprint density at radius 1 is 1.29 bits per heavy atom. The summed E-state index contributed by atoms with van der Waals surface area (Å²) in [5.74, 6) is 0.330. The van der Waals surface area contributed by atoms with E-state index in [0.717, 1.165) is 24.8 Å². The number of unbranched alkanes of at least 4 members (excludes halogenated alkanes) is 2. The summed E-state index contributed by atoms with van der Waals surface area (Å²) in [6, 6.07) is 12.6. The summed E-state index contributed by atoms with van der Waals surface area (Å²) in [5, 5.41) is 9.71. The number of ether oxygens (including phenoxy) is 1. The van der Waals surface area contributed by atoms with Gasteiger partial charge in [0.1, 0.15) is 23.2 Å². The molecule has 1 aromatic heterocycles. The molecule has 0 saturated heterocycles. The van der Waals surface area contributed by atoms with E-state index in [9.17, 15) is 4.79 Å². The van der Waals surface area contributed by atoms with Crippen molar-refractivity contribution in [2.45, 2.75) is 26.2 Å². The summed E-state index contributed by atoms with van der Waals surface area (Å²) in [6.07, 6.45) is 4.19. The topological polar surface area (TPSA) is 63.2 Å². The van der Waals surface area contributed by atoms with Gasteiger partial charge in [-0.3, -0.25) is 0 Å². The first-order valence-corrected chi connectivity index (χ1v) is 8.17. The number of nitrogens with zero attached hydrogens (tertiary/aromatic N) is 1. The summed E-state index contributed by atoms with van der Waals surface area (Å²) in [6.45, 7) is 2.38. The van der Waals surface area contributed by atoms with E-state index >= 15 is 0 Å². The Balaban J connectivity index is 2.11. The number of carbonyl (C=O) groups excluding carboxylic acids is 1. The zero-order valence-corrected chi connectivity index (χ0v) is 14.2. The molecule has 0 atom stereocenters. The monoisotopic (exact) mass is 343 g/mol. The van der Waals surface area contributed by atoms with Crippen LogP contribution >= 0.6 is 11.6 Å². The predicted octanol–water partition coefficient (Wildman–Crippen LogP) is 5.24. The molecule has 2 aromatic rings. The minimum Gasteiger partial charge on any atom is -0.462 e. The molecule has 0 aliphatic heterocycles. The van der Waals surface area contributed by atoms with Crippen molar-refractivity contribution in [2.24, 2.45) is 0 Å². The number of benzene rings is 1. The van der Waals surface area contributed by atoms with Gasteiger partial charge in [-0.1, -0.05) is 43.5 Å². The molecule has 24 heavy (non-hydrogen) atoms. The van der Waals surface area contributed by atoms with Crippen LogP contribution in [0.4, 0.5) is 0 Å². The van der Waals surface area contributed by atoms with Crippen molar-refractivity contribution in [1.29, 1.82) is 5.26 Å². The number of furan rings is 1. The molecule has 2 rings (SSSR count). The van der Waals surface area contributed by atoms with Gasteiger partial charge in [0.2, 0.25) is 0 Å². The van der Waals surface area contributed by atoms with Crippen molar-refractivity contribution in [3.63, 3.8) is 0 Å². The molecule has 5 heteroatoms. The van der Waals surface area contributed by atoms with Crippen LogP contribution in [0.25, 0.3) is 17.4 Å². The van der Waals surface area contributed by atoms with Gasteiger partial charge in [0, 0.05) is 11.6 Å². The Morgan fingerprint density at radius 3 is 2.79 bits per heavy atom. The molecule has 0 unspecified atom stereocenters. The quantitative estimate of drug-likeness (QED) is 0.298. The van der Waals surface area contributed by atoms with Crippen molar-refractivity contribution in [2.75, 3.05) is 6.61 Å². The fourth-order valence-electron chi connectivity index (χ4n) is 2.11. The maximum Gasteiger partial charge on any atom is 0.349 e. The third-order valence-electron chi connectivity index (χ3n) is 3.37. The summed E-state index contributed by atoms with van der Waals surface area (Å²) >= 11 is 6.13. The SMILES string of the molecule is CCCCCOC(=O)C(C#N)=Cc1ccc(-c2ccccc2Cl)o1. The number of carbonyl (C=O) groups is 1. The predicted molar refractivity (Wildman–Crippen MR) is 93.2 cm³/mol. The molecule has 0 aliphatic rings. The standard InChI is InChI=1S/C19H18ClNO3/c1-2-3-6-11-23-19(22)14(13-21)12-15-9-10-18(24-15)16-7-4-5-8-17(16)20/h4-5,7-10,12H,2-3,6,11H2,1H3. The van der Waals surface area contributed by atoms with Gasteiger partial charge in [-0.05, 0) is 30.7 Å². The lowest BCUT2D eigenvalue weighted by atomic mass is 10.2. The molecule has 0 aliphatic carbocycles. The third kappa shape index (κ3) is 4.74. The molecule has 0 fully saturated rings. The highest BCUT2D eigenvalue weighted by Crippen LogP contribution is 2.29. The van der Waals surface area contributed by atoms with Gasteiger partial charge in [0.05, 0.1) is 11.6 Å². The Labute approximate surface area is 146 Å². The average molecular weight is 344 g/mol. The Hall–Kier alpha value is -2.51. The second-order valence-electron chi connectivity index (χ2n) is 5.19. The molecule has 0 amide bonds. The molecule has 0 radical (unpaired) electrons. The Kier molecular flexibility index (Phi) is 6.65. The lowest BCUT2D eigenvalue weighted by molar-refractivity contribution is -0.138. The molecule has 4 nitrogen and oxygen atoms in total. The van der Waals surface area contributed by atoms with Crippen LogP contribution in [-0.2, 0) is 9.53 Å². The van der Waals surface area contributed by atoms with Crippen molar-refractivity contribution >= 4 is 23.6 Å². The van der Waals surface area contributed by atoms with E-state index < -0.39 is 5.97 Å². The van der Waals surface area contributed by atoms with Crippen LogP contribution in [0, 0.1) is 11.3 Å². The molecule has 0 saturated carbocycles. The summed E-state index contributed by atoms with van der Waals surface area (Å²) in [5.41, 5.74) is 0.658. The number of halogens is 1.